The van der Waals surface area contributed by atoms with Gasteiger partial charge in [0.25, 0.3) is 0 Å². The second-order valence-electron chi connectivity index (χ2n) is 7.27. The average Bonchev–Trinajstić information content (AvgIpc) is 3.25. The van der Waals surface area contributed by atoms with Gasteiger partial charge in [0, 0.05) is 25.4 Å². The summed E-state index contributed by atoms with van der Waals surface area (Å²) < 4.78 is 6.91. The molecular formula is C23H18N4O4. The predicted octanol–water partition coefficient (Wildman–Crippen LogP) is 4.03. The van der Waals surface area contributed by atoms with E-state index >= 15 is 0 Å². The fraction of sp³-hybridized carbons (Fsp3) is 0.130. The number of fused-ring (bicyclic) bond motifs is 4. The van der Waals surface area contributed by atoms with E-state index in [1.807, 2.05) is 36.4 Å². The number of carbonyl (C=O) groups excluding carboxylic acids is 1. The largest absolute Gasteiger partial charge is 0.477 e. The van der Waals surface area contributed by atoms with Crippen LogP contribution in [0.5, 0.6) is 0 Å². The van der Waals surface area contributed by atoms with E-state index in [0.29, 0.717) is 5.65 Å². The fourth-order valence-corrected chi connectivity index (χ4v) is 4.24. The van der Waals surface area contributed by atoms with Crippen LogP contribution in [-0.4, -0.2) is 38.3 Å². The first-order valence-corrected chi connectivity index (χ1v) is 9.71. The normalized spacial score (nSPS) is 12.4. The summed E-state index contributed by atoms with van der Waals surface area (Å²) in [4.78, 5) is 32.7. The number of hydrogen-bond acceptors (Lipinski definition) is 5. The number of benzene rings is 2. The number of carbonyl (C=O) groups is 2. The summed E-state index contributed by atoms with van der Waals surface area (Å²) in [7, 11) is 1.56. The molecule has 2 aromatic carbocycles. The van der Waals surface area contributed by atoms with E-state index in [1.54, 1.807) is 7.05 Å². The van der Waals surface area contributed by atoms with Crippen molar-refractivity contribution >= 4 is 28.9 Å². The Labute approximate surface area is 177 Å². The minimum absolute atomic E-state index is 0.0651. The van der Waals surface area contributed by atoms with Gasteiger partial charge in [-0.1, -0.05) is 48.5 Å². The Morgan fingerprint density at radius 3 is 2.29 bits per heavy atom. The first-order valence-electron chi connectivity index (χ1n) is 9.71. The molecule has 0 aliphatic heterocycles. The number of aryl methyl sites for hydroxylation is 1. The number of hydrogen-bond donors (Lipinski definition) is 2. The summed E-state index contributed by atoms with van der Waals surface area (Å²) in [5.41, 5.74) is 5.04. The van der Waals surface area contributed by atoms with Crippen molar-refractivity contribution < 1.29 is 19.4 Å². The van der Waals surface area contributed by atoms with E-state index in [-0.39, 0.29) is 29.4 Å². The Bertz CT molecular complexity index is 1300. The smallest absolute Gasteiger partial charge is 0.411 e. The molecule has 0 saturated heterocycles. The van der Waals surface area contributed by atoms with Crippen molar-refractivity contribution in [1.82, 2.24) is 14.5 Å². The summed E-state index contributed by atoms with van der Waals surface area (Å²) in [6.45, 7) is 0.124. The van der Waals surface area contributed by atoms with E-state index in [9.17, 15) is 14.7 Å². The second-order valence-corrected chi connectivity index (χ2v) is 7.27. The van der Waals surface area contributed by atoms with E-state index in [1.165, 1.54) is 17.0 Å². The van der Waals surface area contributed by atoms with Crippen molar-refractivity contribution in [3.05, 3.63) is 77.7 Å². The van der Waals surface area contributed by atoms with Crippen molar-refractivity contribution in [1.29, 1.82) is 0 Å². The van der Waals surface area contributed by atoms with Crippen molar-refractivity contribution in [2.45, 2.75) is 5.92 Å². The lowest BCUT2D eigenvalue weighted by Gasteiger charge is -2.14. The van der Waals surface area contributed by atoms with Gasteiger partial charge in [0.1, 0.15) is 17.8 Å². The molecule has 154 valence electrons. The number of amides is 1. The maximum absolute atomic E-state index is 12.6. The minimum atomic E-state index is -1.20. The maximum atomic E-state index is 12.6. The SMILES string of the molecule is Cn1c(C(=O)O)c(NC(=O)OCC2c3ccccc3-c3ccccc32)c2nccnc21. The molecule has 1 aliphatic rings. The number of aromatic nitrogens is 3. The number of anilines is 1. The van der Waals surface area contributed by atoms with Gasteiger partial charge in [-0.25, -0.2) is 19.6 Å². The van der Waals surface area contributed by atoms with Crippen LogP contribution in [0.3, 0.4) is 0 Å². The van der Waals surface area contributed by atoms with Gasteiger partial charge in [-0.05, 0) is 22.3 Å². The van der Waals surface area contributed by atoms with Crippen molar-refractivity contribution in [2.75, 3.05) is 11.9 Å². The molecule has 0 unspecified atom stereocenters. The summed E-state index contributed by atoms with van der Waals surface area (Å²) in [5.74, 6) is -1.29. The topological polar surface area (TPSA) is 106 Å². The van der Waals surface area contributed by atoms with E-state index in [4.69, 9.17) is 4.74 Å². The highest BCUT2D eigenvalue weighted by Gasteiger charge is 2.30. The quantitative estimate of drug-likeness (QED) is 0.522. The highest BCUT2D eigenvalue weighted by Crippen LogP contribution is 2.44. The van der Waals surface area contributed by atoms with Gasteiger partial charge in [-0.15, -0.1) is 0 Å². The highest BCUT2D eigenvalue weighted by molar-refractivity contribution is 6.07. The van der Waals surface area contributed by atoms with Gasteiger partial charge >= 0.3 is 12.1 Å². The molecule has 8 nitrogen and oxygen atoms in total. The molecule has 2 heterocycles. The van der Waals surface area contributed by atoms with Crippen LogP contribution >= 0.6 is 0 Å². The zero-order valence-electron chi connectivity index (χ0n) is 16.6. The molecule has 1 amide bonds. The van der Waals surface area contributed by atoms with Crippen LogP contribution in [0, 0.1) is 0 Å². The van der Waals surface area contributed by atoms with Crippen LogP contribution < -0.4 is 5.32 Å². The number of carboxylic acids is 1. The Balaban J connectivity index is 1.41. The summed E-state index contributed by atoms with van der Waals surface area (Å²) in [6, 6.07) is 16.1. The Morgan fingerprint density at radius 1 is 1.03 bits per heavy atom. The van der Waals surface area contributed by atoms with Gasteiger partial charge in [0.05, 0.1) is 0 Å². The van der Waals surface area contributed by atoms with Crippen LogP contribution in [-0.2, 0) is 11.8 Å². The Morgan fingerprint density at radius 2 is 1.65 bits per heavy atom. The van der Waals surface area contributed by atoms with Gasteiger partial charge in [0.15, 0.2) is 11.3 Å². The monoisotopic (exact) mass is 414 g/mol. The van der Waals surface area contributed by atoms with Crippen molar-refractivity contribution in [2.24, 2.45) is 7.05 Å². The van der Waals surface area contributed by atoms with Crippen molar-refractivity contribution in [3.8, 4) is 11.1 Å². The van der Waals surface area contributed by atoms with E-state index < -0.39 is 12.1 Å². The van der Waals surface area contributed by atoms with Crippen LogP contribution in [0.15, 0.2) is 60.9 Å². The predicted molar refractivity (Wildman–Crippen MR) is 114 cm³/mol. The number of nitrogens with zero attached hydrogens (tertiary/aromatic N) is 3. The van der Waals surface area contributed by atoms with E-state index in [0.717, 1.165) is 22.3 Å². The average molecular weight is 414 g/mol. The molecule has 4 aromatic rings. The molecule has 0 saturated carbocycles. The third kappa shape index (κ3) is 3.00. The van der Waals surface area contributed by atoms with Crippen LogP contribution in [0.25, 0.3) is 22.3 Å². The van der Waals surface area contributed by atoms with Crippen LogP contribution in [0.4, 0.5) is 10.5 Å². The molecule has 0 atom stereocenters. The number of carboxylic acid groups (broad SMARTS) is 1. The number of nitrogens with one attached hydrogen (secondary N) is 1. The third-order valence-corrected chi connectivity index (χ3v) is 5.58. The summed E-state index contributed by atoms with van der Waals surface area (Å²) in [5, 5.41) is 12.2. The zero-order valence-corrected chi connectivity index (χ0v) is 16.6. The van der Waals surface area contributed by atoms with Crippen molar-refractivity contribution in [3.63, 3.8) is 0 Å². The molecule has 2 N–H and O–H groups in total. The Kier molecular flexibility index (Phi) is 4.39. The number of ether oxygens (including phenoxy) is 1. The second kappa shape index (κ2) is 7.24. The van der Waals surface area contributed by atoms with Crippen LogP contribution in [0.1, 0.15) is 27.5 Å². The lowest BCUT2D eigenvalue weighted by molar-refractivity contribution is 0.0688. The molecular weight excluding hydrogens is 396 g/mol. The zero-order chi connectivity index (χ0) is 21.5. The molecule has 2 aromatic heterocycles. The van der Waals surface area contributed by atoms with Gasteiger partial charge in [0.2, 0.25) is 0 Å². The Hall–Kier alpha value is -4.20. The van der Waals surface area contributed by atoms with Gasteiger partial charge in [-0.2, -0.15) is 0 Å². The van der Waals surface area contributed by atoms with E-state index in [2.05, 4.69) is 27.4 Å². The maximum Gasteiger partial charge on any atom is 0.411 e. The van der Waals surface area contributed by atoms with Gasteiger partial charge in [-0.3, -0.25) is 5.32 Å². The first-order chi connectivity index (χ1) is 15.1. The van der Waals surface area contributed by atoms with Crippen LogP contribution in [0.2, 0.25) is 0 Å². The fourth-order valence-electron chi connectivity index (χ4n) is 4.24. The minimum Gasteiger partial charge on any atom is -0.477 e. The first kappa shape index (κ1) is 18.8. The molecule has 0 bridgehead atoms. The number of aromatic carboxylic acids is 1. The molecule has 0 fully saturated rings. The standard InChI is InChI=1S/C23H18N4O4/c1-27-20(22(28)29)18(19-21(27)25-11-10-24-19)26-23(30)31-12-17-15-8-4-2-6-13(15)14-7-3-5-9-16(14)17/h2-11,17H,12H2,1H3,(H,26,30)(H,28,29). The molecule has 31 heavy (non-hydrogen) atoms. The highest BCUT2D eigenvalue weighted by atomic mass is 16.5. The molecule has 1 aliphatic carbocycles. The lowest BCUT2D eigenvalue weighted by atomic mass is 9.98. The third-order valence-electron chi connectivity index (χ3n) is 5.58. The summed E-state index contributed by atoms with van der Waals surface area (Å²) >= 11 is 0. The molecule has 8 heteroatoms. The molecule has 5 rings (SSSR count). The molecule has 0 radical (unpaired) electrons. The summed E-state index contributed by atoms with van der Waals surface area (Å²) in [6.07, 6.45) is 2.16. The molecule has 0 spiro atoms. The lowest BCUT2D eigenvalue weighted by Crippen LogP contribution is -2.19. The number of rotatable bonds is 4. The van der Waals surface area contributed by atoms with Gasteiger partial charge < -0.3 is 14.4 Å².